The van der Waals surface area contributed by atoms with Crippen LogP contribution in [0.1, 0.15) is 19.8 Å². The number of hydrogen-bond acceptors (Lipinski definition) is 4. The van der Waals surface area contributed by atoms with Crippen LogP contribution in [0.5, 0.6) is 0 Å². The van der Waals surface area contributed by atoms with Crippen molar-refractivity contribution < 1.29 is 13.2 Å². The Morgan fingerprint density at radius 1 is 1.47 bits per heavy atom. The summed E-state index contributed by atoms with van der Waals surface area (Å²) in [7, 11) is -1.17. The maximum Gasteiger partial charge on any atom is 0.148 e. The minimum Gasteiger partial charge on any atom is -0.384 e. The van der Waals surface area contributed by atoms with E-state index in [0.717, 1.165) is 13.2 Å². The zero-order valence-corrected chi connectivity index (χ0v) is 10.6. The highest BCUT2D eigenvalue weighted by Gasteiger charge is 2.42. The van der Waals surface area contributed by atoms with Gasteiger partial charge in [-0.05, 0) is 19.8 Å². The standard InChI is InChI=1S/C10H21NO3S/c1-9(6-15(3,12)13)11-7-10(4-5-10)8-14-2/h9,11H,4-8H2,1-3H3. The molecule has 1 fully saturated rings. The number of nitrogens with one attached hydrogen (secondary N) is 1. The molecule has 15 heavy (non-hydrogen) atoms. The van der Waals surface area contributed by atoms with Crippen LogP contribution in [-0.2, 0) is 14.6 Å². The molecule has 0 aromatic carbocycles. The third kappa shape index (κ3) is 4.95. The van der Waals surface area contributed by atoms with Gasteiger partial charge in [0.15, 0.2) is 0 Å². The highest BCUT2D eigenvalue weighted by Crippen LogP contribution is 2.45. The van der Waals surface area contributed by atoms with Crippen LogP contribution in [0.3, 0.4) is 0 Å². The van der Waals surface area contributed by atoms with Gasteiger partial charge in [0.25, 0.3) is 0 Å². The molecular formula is C10H21NO3S. The fourth-order valence-electron chi connectivity index (χ4n) is 1.76. The van der Waals surface area contributed by atoms with Crippen molar-refractivity contribution in [1.29, 1.82) is 0 Å². The van der Waals surface area contributed by atoms with Crippen molar-refractivity contribution in [3.63, 3.8) is 0 Å². The molecule has 1 saturated carbocycles. The van der Waals surface area contributed by atoms with Crippen LogP contribution in [0.15, 0.2) is 0 Å². The van der Waals surface area contributed by atoms with Crippen molar-refractivity contribution in [2.75, 3.05) is 32.3 Å². The van der Waals surface area contributed by atoms with Gasteiger partial charge in [0.05, 0.1) is 12.4 Å². The second kappa shape index (κ2) is 4.80. The molecule has 0 saturated heterocycles. The van der Waals surface area contributed by atoms with Gasteiger partial charge < -0.3 is 10.1 Å². The number of rotatable bonds is 7. The van der Waals surface area contributed by atoms with Gasteiger partial charge in [-0.25, -0.2) is 8.42 Å². The second-order valence-electron chi connectivity index (χ2n) is 4.81. The first-order valence-corrected chi connectivity index (χ1v) is 7.33. The van der Waals surface area contributed by atoms with E-state index in [-0.39, 0.29) is 17.2 Å². The van der Waals surface area contributed by atoms with E-state index in [4.69, 9.17) is 4.74 Å². The second-order valence-corrected chi connectivity index (χ2v) is 6.99. The molecule has 0 heterocycles. The van der Waals surface area contributed by atoms with Gasteiger partial charge in [0.1, 0.15) is 9.84 Å². The van der Waals surface area contributed by atoms with Gasteiger partial charge in [0.2, 0.25) is 0 Å². The Hall–Kier alpha value is -0.130. The average Bonchev–Trinajstić information content (AvgIpc) is 2.80. The molecule has 0 amide bonds. The van der Waals surface area contributed by atoms with Crippen molar-refractivity contribution in [2.45, 2.75) is 25.8 Å². The van der Waals surface area contributed by atoms with Gasteiger partial charge in [-0.3, -0.25) is 0 Å². The maximum atomic E-state index is 11.0. The molecule has 0 aromatic rings. The summed E-state index contributed by atoms with van der Waals surface area (Å²) in [6, 6.07) is 0.0225. The highest BCUT2D eigenvalue weighted by atomic mass is 32.2. The molecule has 1 rings (SSSR count). The summed E-state index contributed by atoms with van der Waals surface area (Å²) in [6.07, 6.45) is 3.63. The molecule has 0 aliphatic heterocycles. The van der Waals surface area contributed by atoms with Crippen molar-refractivity contribution in [1.82, 2.24) is 5.32 Å². The topological polar surface area (TPSA) is 55.4 Å². The molecule has 1 aliphatic carbocycles. The molecule has 90 valence electrons. The fourth-order valence-corrected chi connectivity index (χ4v) is 2.78. The van der Waals surface area contributed by atoms with Gasteiger partial charge >= 0.3 is 0 Å². The first-order valence-electron chi connectivity index (χ1n) is 5.27. The van der Waals surface area contributed by atoms with E-state index in [9.17, 15) is 8.42 Å². The lowest BCUT2D eigenvalue weighted by molar-refractivity contribution is 0.138. The highest BCUT2D eigenvalue weighted by molar-refractivity contribution is 7.90. The Kier molecular flexibility index (Phi) is 4.14. The van der Waals surface area contributed by atoms with Crippen LogP contribution < -0.4 is 5.32 Å². The molecule has 1 N–H and O–H groups in total. The summed E-state index contributed by atoms with van der Waals surface area (Å²) < 4.78 is 27.2. The fraction of sp³-hybridized carbons (Fsp3) is 1.00. The van der Waals surface area contributed by atoms with Gasteiger partial charge in [-0.1, -0.05) is 0 Å². The molecule has 0 radical (unpaired) electrons. The molecule has 1 unspecified atom stereocenters. The number of ether oxygens (including phenoxy) is 1. The number of hydrogen-bond donors (Lipinski definition) is 1. The smallest absolute Gasteiger partial charge is 0.148 e. The van der Waals surface area contributed by atoms with Crippen molar-refractivity contribution in [2.24, 2.45) is 5.41 Å². The predicted molar refractivity (Wildman–Crippen MR) is 60.7 cm³/mol. The van der Waals surface area contributed by atoms with Crippen molar-refractivity contribution >= 4 is 9.84 Å². The summed E-state index contributed by atoms with van der Waals surface area (Å²) >= 11 is 0. The summed E-state index contributed by atoms with van der Waals surface area (Å²) in [4.78, 5) is 0. The van der Waals surface area contributed by atoms with Crippen LogP contribution in [-0.4, -0.2) is 46.7 Å². The summed E-state index contributed by atoms with van der Waals surface area (Å²) in [5.74, 6) is 0.204. The van der Waals surface area contributed by atoms with Crippen LogP contribution in [0.2, 0.25) is 0 Å². The van der Waals surface area contributed by atoms with Crippen molar-refractivity contribution in [3.8, 4) is 0 Å². The first kappa shape index (κ1) is 12.9. The molecule has 0 spiro atoms. The SMILES string of the molecule is COCC1(CNC(C)CS(C)(=O)=O)CC1. The minimum absolute atomic E-state index is 0.0225. The maximum absolute atomic E-state index is 11.0. The van der Waals surface area contributed by atoms with Gasteiger partial charge in [-0.2, -0.15) is 0 Å². The van der Waals surface area contributed by atoms with Crippen molar-refractivity contribution in [3.05, 3.63) is 0 Å². The molecule has 1 aliphatic rings. The van der Waals surface area contributed by atoms with E-state index in [1.54, 1.807) is 7.11 Å². The molecule has 4 nitrogen and oxygen atoms in total. The minimum atomic E-state index is -2.88. The quantitative estimate of drug-likeness (QED) is 0.695. The van der Waals surface area contributed by atoms with Crippen LogP contribution >= 0.6 is 0 Å². The zero-order chi connectivity index (χ0) is 11.5. The summed E-state index contributed by atoms with van der Waals surface area (Å²) in [5, 5.41) is 3.27. The van der Waals surface area contributed by atoms with E-state index in [2.05, 4.69) is 5.32 Å². The molecule has 0 bridgehead atoms. The normalized spacial score (nSPS) is 21.3. The predicted octanol–water partition coefficient (Wildman–Crippen LogP) is 0.436. The molecule has 0 aromatic heterocycles. The first-order chi connectivity index (χ1) is 6.87. The van der Waals surface area contributed by atoms with Crippen LogP contribution in [0.25, 0.3) is 0 Å². The van der Waals surface area contributed by atoms with E-state index in [1.807, 2.05) is 6.92 Å². The largest absolute Gasteiger partial charge is 0.384 e. The Labute approximate surface area is 92.3 Å². The van der Waals surface area contributed by atoms with E-state index < -0.39 is 9.84 Å². The molecule has 5 heteroatoms. The van der Waals surface area contributed by atoms with Crippen LogP contribution in [0.4, 0.5) is 0 Å². The molecule has 1 atom stereocenters. The Bertz CT molecular complexity index is 296. The Morgan fingerprint density at radius 2 is 2.07 bits per heavy atom. The van der Waals surface area contributed by atoms with E-state index >= 15 is 0 Å². The lowest BCUT2D eigenvalue weighted by atomic mass is 10.1. The third-order valence-electron chi connectivity index (χ3n) is 2.79. The summed E-state index contributed by atoms with van der Waals surface area (Å²) in [6.45, 7) is 3.53. The summed E-state index contributed by atoms with van der Waals surface area (Å²) in [5.41, 5.74) is 0.278. The van der Waals surface area contributed by atoms with E-state index in [1.165, 1.54) is 19.1 Å². The molecular weight excluding hydrogens is 214 g/mol. The lowest BCUT2D eigenvalue weighted by Crippen LogP contribution is -2.37. The monoisotopic (exact) mass is 235 g/mol. The van der Waals surface area contributed by atoms with E-state index in [0.29, 0.717) is 0 Å². The van der Waals surface area contributed by atoms with Gasteiger partial charge in [0, 0.05) is 31.4 Å². The van der Waals surface area contributed by atoms with Crippen LogP contribution in [0, 0.1) is 5.41 Å². The Morgan fingerprint density at radius 3 is 2.47 bits per heavy atom. The number of sulfone groups is 1. The lowest BCUT2D eigenvalue weighted by Gasteiger charge is -2.18. The number of methoxy groups -OCH3 is 1. The third-order valence-corrected chi connectivity index (χ3v) is 3.89. The zero-order valence-electron chi connectivity index (χ0n) is 9.75. The Balaban J connectivity index is 2.25. The average molecular weight is 235 g/mol. The van der Waals surface area contributed by atoms with Gasteiger partial charge in [-0.15, -0.1) is 0 Å².